The topological polar surface area (TPSA) is 104 Å². The van der Waals surface area contributed by atoms with E-state index in [1.165, 1.54) is 19.2 Å². The fourth-order valence-corrected chi connectivity index (χ4v) is 8.76. The molecule has 2 aliphatic carbocycles. The summed E-state index contributed by atoms with van der Waals surface area (Å²) >= 11 is 14.3. The van der Waals surface area contributed by atoms with Gasteiger partial charge in [0.1, 0.15) is 17.2 Å². The summed E-state index contributed by atoms with van der Waals surface area (Å²) in [4.78, 5) is 51.9. The highest BCUT2D eigenvalue weighted by Crippen LogP contribution is 2.66. The Bertz CT molecular complexity index is 2000. The quantitative estimate of drug-likeness (QED) is 0.0885. The van der Waals surface area contributed by atoms with E-state index >= 15 is 8.78 Å². The second-order valence-corrected chi connectivity index (χ2v) is 13.6. The zero-order valence-corrected chi connectivity index (χ0v) is 26.7. The number of imide groups is 2. The van der Waals surface area contributed by atoms with Crippen molar-refractivity contribution in [3.8, 4) is 11.5 Å². The lowest BCUT2D eigenvalue weighted by Crippen LogP contribution is -2.60. The summed E-state index contributed by atoms with van der Waals surface area (Å²) in [6, 6.07) is 12.4. The van der Waals surface area contributed by atoms with Crippen LogP contribution in [-0.2, 0) is 25.7 Å². The van der Waals surface area contributed by atoms with Crippen LogP contribution in [0.2, 0.25) is 0 Å². The van der Waals surface area contributed by atoms with Gasteiger partial charge >= 0.3 is 0 Å². The van der Waals surface area contributed by atoms with E-state index in [0.29, 0.717) is 5.56 Å². The van der Waals surface area contributed by atoms with Crippen molar-refractivity contribution in [3.63, 3.8) is 0 Å². The number of anilines is 1. The highest BCUT2D eigenvalue weighted by atomic mass is 35.5. The van der Waals surface area contributed by atoms with Gasteiger partial charge in [-0.15, -0.1) is 23.2 Å². The minimum Gasteiger partial charge on any atom is -0.508 e. The van der Waals surface area contributed by atoms with Crippen molar-refractivity contribution < 1.29 is 51.0 Å². The molecule has 49 heavy (non-hydrogen) atoms. The van der Waals surface area contributed by atoms with Crippen molar-refractivity contribution in [2.45, 2.75) is 35.1 Å². The molecule has 3 fully saturated rings. The molecule has 2 aliphatic heterocycles. The van der Waals surface area contributed by atoms with Gasteiger partial charge in [0, 0.05) is 17.5 Å². The number of nitrogens with zero attached hydrogens (tertiary/aromatic N) is 2. The van der Waals surface area contributed by atoms with Crippen LogP contribution in [0, 0.1) is 46.8 Å². The monoisotopic (exact) mass is 720 g/mol. The van der Waals surface area contributed by atoms with Gasteiger partial charge in [0.05, 0.1) is 25.5 Å². The number of rotatable bonds is 5. The third-order valence-corrected chi connectivity index (χ3v) is 11.4. The van der Waals surface area contributed by atoms with Crippen molar-refractivity contribution in [2.75, 3.05) is 12.0 Å². The van der Waals surface area contributed by atoms with Gasteiger partial charge in [-0.2, -0.15) is 0 Å². The predicted octanol–water partition coefficient (Wildman–Crippen LogP) is 5.86. The van der Waals surface area contributed by atoms with Gasteiger partial charge in [0.2, 0.25) is 17.6 Å². The number of fused-ring (bicyclic) bond motifs is 4. The number of allylic oxidation sites excluding steroid dienone is 2. The Morgan fingerprint density at radius 3 is 2.12 bits per heavy atom. The maximum atomic E-state index is 15.2. The molecule has 0 spiro atoms. The summed E-state index contributed by atoms with van der Waals surface area (Å²) in [5.41, 5.74) is -0.893. The van der Waals surface area contributed by atoms with E-state index in [0.717, 1.165) is 11.0 Å². The molecule has 254 valence electrons. The Morgan fingerprint density at radius 2 is 1.49 bits per heavy atom. The average molecular weight is 721 g/mol. The molecule has 0 radical (unpaired) electrons. The molecule has 1 N–H and O–H groups in total. The highest BCUT2D eigenvalue weighted by Gasteiger charge is 2.77. The molecule has 1 saturated carbocycles. The van der Waals surface area contributed by atoms with E-state index in [4.69, 9.17) is 27.9 Å². The molecule has 6 unspecified atom stereocenters. The molecule has 0 aromatic heterocycles. The lowest BCUT2D eigenvalue weighted by molar-refractivity contribution is -0.141. The first-order chi connectivity index (χ1) is 23.2. The Morgan fingerprint density at radius 1 is 0.857 bits per heavy atom. The van der Waals surface area contributed by atoms with Gasteiger partial charge in [-0.3, -0.25) is 24.1 Å². The average Bonchev–Trinajstić information content (AvgIpc) is 3.41. The molecule has 0 bridgehead atoms. The summed E-state index contributed by atoms with van der Waals surface area (Å²) in [5.74, 6) is -21.6. The van der Waals surface area contributed by atoms with Crippen LogP contribution in [0.25, 0.3) is 0 Å². The van der Waals surface area contributed by atoms with E-state index in [2.05, 4.69) is 0 Å². The number of amides is 4. The number of benzene rings is 3. The van der Waals surface area contributed by atoms with E-state index in [1.807, 2.05) is 0 Å². The number of phenols is 1. The number of halogens is 7. The predicted molar refractivity (Wildman–Crippen MR) is 163 cm³/mol. The Labute approximate surface area is 284 Å². The zero-order valence-electron chi connectivity index (χ0n) is 25.2. The molecule has 3 aromatic carbocycles. The first-order valence-corrected chi connectivity index (χ1v) is 15.7. The molecule has 4 amide bonds. The number of alkyl halides is 2. The van der Waals surface area contributed by atoms with E-state index < -0.39 is 98.2 Å². The number of methoxy groups -OCH3 is 1. The molecule has 7 rings (SSSR count). The summed E-state index contributed by atoms with van der Waals surface area (Å²) in [7, 11) is 1.22. The van der Waals surface area contributed by atoms with Gasteiger partial charge in [0.15, 0.2) is 33.0 Å². The molecule has 2 saturated heterocycles. The van der Waals surface area contributed by atoms with Crippen molar-refractivity contribution in [1.29, 1.82) is 0 Å². The number of aromatic hydroxyl groups is 1. The molecule has 6 atom stereocenters. The summed E-state index contributed by atoms with van der Waals surface area (Å²) in [6.07, 6.45) is 0.949. The normalized spacial score (nSPS) is 29.2. The lowest BCUT2D eigenvalue weighted by Gasteiger charge is -2.50. The fourth-order valence-electron chi connectivity index (χ4n) is 7.84. The molecule has 15 heteroatoms. The smallest absolute Gasteiger partial charge is 0.258 e. The standard InChI is InChI=1S/C34H23Cl2F5N2O6/c1-49-20-11-15(44)7-8-17(20)22-16-9-10-18-21(30(46)42(29(18)45)13-14-5-3-2-4-6-14)19(16)12-33(35)31(47)43(32(48)34(22,33)36)28-26(40)24(38)23(37)25(39)27(28)41/h2-9,11,18-19,21-22,44H,10,12-13H2,1H3. The third kappa shape index (κ3) is 4.33. The van der Waals surface area contributed by atoms with Crippen LogP contribution in [0.1, 0.15) is 29.9 Å². The van der Waals surface area contributed by atoms with Gasteiger partial charge in [-0.05, 0) is 30.4 Å². The Kier molecular flexibility index (Phi) is 7.60. The number of ether oxygens (including phenoxy) is 1. The highest BCUT2D eigenvalue weighted by molar-refractivity contribution is 6.58. The molecule has 2 heterocycles. The van der Waals surface area contributed by atoms with Gasteiger partial charge < -0.3 is 9.84 Å². The summed E-state index contributed by atoms with van der Waals surface area (Å²) in [5, 5.41) is 10.2. The lowest BCUT2D eigenvalue weighted by atomic mass is 9.56. The van der Waals surface area contributed by atoms with Crippen LogP contribution in [0.4, 0.5) is 27.6 Å². The van der Waals surface area contributed by atoms with Crippen LogP contribution in [0.5, 0.6) is 11.5 Å². The van der Waals surface area contributed by atoms with Crippen LogP contribution < -0.4 is 9.64 Å². The number of likely N-dealkylation sites (tertiary alicyclic amines) is 1. The second-order valence-electron chi connectivity index (χ2n) is 12.4. The van der Waals surface area contributed by atoms with Gasteiger partial charge in [-0.1, -0.05) is 48.0 Å². The number of carbonyl (C=O) groups is 4. The van der Waals surface area contributed by atoms with Crippen LogP contribution in [0.15, 0.2) is 60.2 Å². The molecule has 8 nitrogen and oxygen atoms in total. The Balaban J connectivity index is 1.42. The number of hydrogen-bond donors (Lipinski definition) is 1. The molecular weight excluding hydrogens is 698 g/mol. The number of hydrogen-bond acceptors (Lipinski definition) is 6. The first kappa shape index (κ1) is 33.0. The summed E-state index contributed by atoms with van der Waals surface area (Å²) in [6.45, 7) is -0.0559. The SMILES string of the molecule is COc1cc(O)ccc1C1C2=CCC3C(=O)N(Cc4ccccc4)C(=O)C3C2CC2(Cl)C(=O)N(c3c(F)c(F)c(F)c(F)c3F)C(=O)C12Cl. The van der Waals surface area contributed by atoms with Crippen molar-refractivity contribution in [2.24, 2.45) is 17.8 Å². The maximum absolute atomic E-state index is 15.2. The van der Waals surface area contributed by atoms with Gasteiger partial charge in [0.25, 0.3) is 11.8 Å². The fraction of sp³-hybridized carbons (Fsp3) is 0.294. The van der Waals surface area contributed by atoms with Crippen molar-refractivity contribution in [3.05, 3.63) is 100 Å². The van der Waals surface area contributed by atoms with Crippen LogP contribution >= 0.6 is 23.2 Å². The van der Waals surface area contributed by atoms with E-state index in [9.17, 15) is 37.5 Å². The van der Waals surface area contributed by atoms with Crippen LogP contribution in [-0.4, -0.2) is 50.5 Å². The minimum absolute atomic E-state index is 0.00495. The van der Waals surface area contributed by atoms with E-state index in [-0.39, 0.29) is 40.5 Å². The van der Waals surface area contributed by atoms with Crippen molar-refractivity contribution in [1.82, 2.24) is 4.90 Å². The Hall–Kier alpha value is -4.49. The number of carbonyl (C=O) groups excluding carboxylic acids is 4. The van der Waals surface area contributed by atoms with E-state index in [1.54, 1.807) is 36.4 Å². The first-order valence-electron chi connectivity index (χ1n) is 14.9. The molecule has 4 aliphatic rings. The third-order valence-electron chi connectivity index (χ3n) is 10.0. The molecule has 3 aromatic rings. The minimum atomic E-state index is -2.71. The van der Waals surface area contributed by atoms with Gasteiger partial charge in [-0.25, -0.2) is 26.9 Å². The molecular formula is C34H23Cl2F5N2O6. The van der Waals surface area contributed by atoms with Crippen LogP contribution in [0.3, 0.4) is 0 Å². The zero-order chi connectivity index (χ0) is 35.3. The summed E-state index contributed by atoms with van der Waals surface area (Å²) < 4.78 is 78.7. The largest absolute Gasteiger partial charge is 0.508 e. The maximum Gasteiger partial charge on any atom is 0.258 e. The second kappa shape index (κ2) is 11.3. The van der Waals surface area contributed by atoms with Crippen molar-refractivity contribution >= 4 is 52.5 Å². The number of phenolic OH excluding ortho intramolecular Hbond substituents is 1.